The number of amides is 2. The maximum absolute atomic E-state index is 11.2. The lowest BCUT2D eigenvalue weighted by atomic mass is 10.3. The summed E-state index contributed by atoms with van der Waals surface area (Å²) >= 11 is 0. The number of esters is 2. The van der Waals surface area contributed by atoms with Gasteiger partial charge in [-0.15, -0.1) is 0 Å². The number of hydrogen-bond donors (Lipinski definition) is 2. The molecule has 0 radical (unpaired) electrons. The summed E-state index contributed by atoms with van der Waals surface area (Å²) in [5, 5.41) is 5.01. The number of rotatable bonds is 9. The van der Waals surface area contributed by atoms with Gasteiger partial charge in [-0.2, -0.15) is 0 Å². The maximum Gasteiger partial charge on any atom is 0.315 e. The highest BCUT2D eigenvalue weighted by molar-refractivity contribution is 5.94. The topological polar surface area (TPSA) is 111 Å². The summed E-state index contributed by atoms with van der Waals surface area (Å²) in [5.41, 5.74) is 0. The van der Waals surface area contributed by atoms with E-state index in [1.807, 2.05) is 0 Å². The highest BCUT2D eigenvalue weighted by Gasteiger charge is 2.10. The van der Waals surface area contributed by atoms with E-state index in [1.165, 1.54) is 7.11 Å². The fourth-order valence-corrected chi connectivity index (χ4v) is 1.22. The quantitative estimate of drug-likeness (QED) is 0.324. The average Bonchev–Trinajstić information content (AvgIpc) is 2.38. The van der Waals surface area contributed by atoms with Crippen LogP contribution >= 0.6 is 0 Å². The van der Waals surface area contributed by atoms with Gasteiger partial charge in [0.2, 0.25) is 11.8 Å². The van der Waals surface area contributed by atoms with Crippen LogP contribution in [0.1, 0.15) is 26.2 Å². The van der Waals surface area contributed by atoms with Gasteiger partial charge in [-0.1, -0.05) is 0 Å². The standard InChI is InChI=1S/C12H20N2O6/c1-3-20-12(18)8-10(16)14-6-4-5-13-9(15)7-11(17)19-2/h3-8H2,1-2H3,(H,13,15)(H,14,16). The van der Waals surface area contributed by atoms with Crippen LogP contribution in [-0.2, 0) is 28.7 Å². The van der Waals surface area contributed by atoms with Crippen LogP contribution in [0.15, 0.2) is 0 Å². The van der Waals surface area contributed by atoms with Crippen LogP contribution in [0.25, 0.3) is 0 Å². The molecule has 0 aromatic heterocycles. The van der Waals surface area contributed by atoms with Gasteiger partial charge in [0.25, 0.3) is 0 Å². The third kappa shape index (κ3) is 9.86. The van der Waals surface area contributed by atoms with E-state index in [-0.39, 0.29) is 19.4 Å². The molecule has 0 fully saturated rings. The number of methoxy groups -OCH3 is 1. The van der Waals surface area contributed by atoms with Gasteiger partial charge in [0.1, 0.15) is 12.8 Å². The Morgan fingerprint density at radius 1 is 0.900 bits per heavy atom. The minimum absolute atomic E-state index is 0.234. The molecule has 0 atom stereocenters. The molecule has 2 N–H and O–H groups in total. The van der Waals surface area contributed by atoms with E-state index >= 15 is 0 Å². The molecule has 8 heteroatoms. The van der Waals surface area contributed by atoms with E-state index in [1.54, 1.807) is 6.92 Å². The first-order valence-corrected chi connectivity index (χ1v) is 6.25. The molecule has 0 aliphatic rings. The molecule has 0 heterocycles. The average molecular weight is 288 g/mol. The molecule has 114 valence electrons. The summed E-state index contributed by atoms with van der Waals surface area (Å²) in [7, 11) is 1.20. The highest BCUT2D eigenvalue weighted by Crippen LogP contribution is 1.87. The Hall–Kier alpha value is -2.12. The van der Waals surface area contributed by atoms with Gasteiger partial charge in [0.15, 0.2) is 0 Å². The van der Waals surface area contributed by atoms with Crippen molar-refractivity contribution >= 4 is 23.8 Å². The zero-order valence-corrected chi connectivity index (χ0v) is 11.7. The lowest BCUT2D eigenvalue weighted by Gasteiger charge is -2.06. The Labute approximate surface area is 117 Å². The lowest BCUT2D eigenvalue weighted by Crippen LogP contribution is -2.31. The van der Waals surface area contributed by atoms with Crippen molar-refractivity contribution in [2.45, 2.75) is 26.2 Å². The van der Waals surface area contributed by atoms with E-state index in [0.717, 1.165) is 0 Å². The van der Waals surface area contributed by atoms with E-state index in [0.29, 0.717) is 19.5 Å². The SMILES string of the molecule is CCOC(=O)CC(=O)NCCCNC(=O)CC(=O)OC. The van der Waals surface area contributed by atoms with Crippen molar-refractivity contribution in [1.29, 1.82) is 0 Å². The molecule has 0 saturated carbocycles. The van der Waals surface area contributed by atoms with Crippen LogP contribution in [0.2, 0.25) is 0 Å². The fraction of sp³-hybridized carbons (Fsp3) is 0.667. The molecule has 0 aliphatic heterocycles. The highest BCUT2D eigenvalue weighted by atomic mass is 16.5. The molecule has 0 saturated heterocycles. The first-order valence-electron chi connectivity index (χ1n) is 6.25. The first-order chi connectivity index (χ1) is 9.49. The normalized spacial score (nSPS) is 9.50. The smallest absolute Gasteiger partial charge is 0.315 e. The van der Waals surface area contributed by atoms with Crippen LogP contribution in [0, 0.1) is 0 Å². The third-order valence-corrected chi connectivity index (χ3v) is 2.14. The van der Waals surface area contributed by atoms with Crippen LogP contribution in [-0.4, -0.2) is 50.6 Å². The van der Waals surface area contributed by atoms with Gasteiger partial charge in [0, 0.05) is 13.1 Å². The van der Waals surface area contributed by atoms with Crippen molar-refractivity contribution in [2.24, 2.45) is 0 Å². The first kappa shape index (κ1) is 17.9. The molecule has 0 unspecified atom stereocenters. The zero-order valence-electron chi connectivity index (χ0n) is 11.7. The minimum atomic E-state index is -0.606. The van der Waals surface area contributed by atoms with E-state index in [4.69, 9.17) is 0 Å². The number of carbonyl (C=O) groups excluding carboxylic acids is 4. The second kappa shape index (κ2) is 10.8. The molecule has 0 aromatic carbocycles. The molecule has 0 aliphatic carbocycles. The molecular formula is C12H20N2O6. The van der Waals surface area contributed by atoms with E-state index in [9.17, 15) is 19.2 Å². The van der Waals surface area contributed by atoms with Gasteiger partial charge >= 0.3 is 11.9 Å². The summed E-state index contributed by atoms with van der Waals surface area (Å²) in [6.07, 6.45) is -0.157. The Balaban J connectivity index is 3.57. The Bertz CT molecular complexity index is 356. The molecule has 0 rings (SSSR count). The largest absolute Gasteiger partial charge is 0.469 e. The van der Waals surface area contributed by atoms with Crippen molar-refractivity contribution in [3.63, 3.8) is 0 Å². The lowest BCUT2D eigenvalue weighted by molar-refractivity contribution is -0.146. The monoisotopic (exact) mass is 288 g/mol. The van der Waals surface area contributed by atoms with Crippen LogP contribution in [0.4, 0.5) is 0 Å². The molecule has 8 nitrogen and oxygen atoms in total. The predicted octanol–water partition coefficient (Wildman–Crippen LogP) is -0.875. The van der Waals surface area contributed by atoms with Gasteiger partial charge < -0.3 is 20.1 Å². The van der Waals surface area contributed by atoms with Gasteiger partial charge in [-0.05, 0) is 13.3 Å². The maximum atomic E-state index is 11.2. The van der Waals surface area contributed by atoms with Gasteiger partial charge in [0.05, 0.1) is 13.7 Å². The zero-order chi connectivity index (χ0) is 15.4. The predicted molar refractivity (Wildman–Crippen MR) is 68.5 cm³/mol. The molecule has 20 heavy (non-hydrogen) atoms. The summed E-state index contributed by atoms with van der Waals surface area (Å²) in [6.45, 7) is 2.53. The Morgan fingerprint density at radius 2 is 1.40 bits per heavy atom. The third-order valence-electron chi connectivity index (χ3n) is 2.14. The second-order valence-electron chi connectivity index (χ2n) is 3.79. The minimum Gasteiger partial charge on any atom is -0.469 e. The summed E-state index contributed by atoms with van der Waals surface area (Å²) in [4.78, 5) is 44.2. The number of ether oxygens (including phenoxy) is 2. The molecule has 0 spiro atoms. The molecule has 0 bridgehead atoms. The van der Waals surface area contributed by atoms with Crippen molar-refractivity contribution in [3.8, 4) is 0 Å². The Morgan fingerprint density at radius 3 is 1.85 bits per heavy atom. The van der Waals surface area contributed by atoms with Crippen molar-refractivity contribution in [1.82, 2.24) is 10.6 Å². The molecule has 2 amide bonds. The fourth-order valence-electron chi connectivity index (χ4n) is 1.22. The molecule has 0 aromatic rings. The number of carbonyl (C=O) groups is 4. The number of nitrogens with one attached hydrogen (secondary N) is 2. The van der Waals surface area contributed by atoms with Crippen molar-refractivity contribution < 1.29 is 28.7 Å². The van der Waals surface area contributed by atoms with Gasteiger partial charge in [-0.3, -0.25) is 19.2 Å². The summed E-state index contributed by atoms with van der Waals surface area (Å²) in [5.74, 6) is -2.04. The number of hydrogen-bond acceptors (Lipinski definition) is 6. The van der Waals surface area contributed by atoms with Crippen molar-refractivity contribution in [2.75, 3.05) is 26.8 Å². The van der Waals surface area contributed by atoms with E-state index < -0.39 is 23.8 Å². The second-order valence-corrected chi connectivity index (χ2v) is 3.79. The Kier molecular flexibility index (Phi) is 9.63. The van der Waals surface area contributed by atoms with Crippen LogP contribution < -0.4 is 10.6 Å². The van der Waals surface area contributed by atoms with E-state index in [2.05, 4.69) is 20.1 Å². The van der Waals surface area contributed by atoms with Crippen LogP contribution in [0.3, 0.4) is 0 Å². The summed E-state index contributed by atoms with van der Waals surface area (Å²) < 4.78 is 8.95. The van der Waals surface area contributed by atoms with Crippen molar-refractivity contribution in [3.05, 3.63) is 0 Å². The van der Waals surface area contributed by atoms with Gasteiger partial charge in [-0.25, -0.2) is 0 Å². The summed E-state index contributed by atoms with van der Waals surface area (Å²) in [6, 6.07) is 0. The van der Waals surface area contributed by atoms with Crippen LogP contribution in [0.5, 0.6) is 0 Å². The molecular weight excluding hydrogens is 268 g/mol.